The van der Waals surface area contributed by atoms with Gasteiger partial charge in [-0.3, -0.25) is 9.10 Å². The second kappa shape index (κ2) is 8.24. The van der Waals surface area contributed by atoms with Crippen LogP contribution in [0.4, 0.5) is 11.4 Å². The maximum absolute atomic E-state index is 13.2. The van der Waals surface area contributed by atoms with Crippen molar-refractivity contribution in [1.29, 1.82) is 0 Å². The van der Waals surface area contributed by atoms with Crippen LogP contribution in [0.3, 0.4) is 0 Å². The summed E-state index contributed by atoms with van der Waals surface area (Å²) in [6.07, 6.45) is 1.49. The average molecular weight is 485 g/mol. The molecule has 1 aliphatic heterocycles. The van der Waals surface area contributed by atoms with Crippen molar-refractivity contribution in [3.63, 3.8) is 0 Å². The first-order chi connectivity index (χ1) is 14.3. The minimum atomic E-state index is -3.63. The largest absolute Gasteiger partial charge is 0.322 e. The van der Waals surface area contributed by atoms with E-state index >= 15 is 0 Å². The third-order valence-electron chi connectivity index (χ3n) is 5.13. The lowest BCUT2D eigenvalue weighted by Crippen LogP contribution is -2.35. The molecular weight excluding hydrogens is 464 g/mol. The summed E-state index contributed by atoms with van der Waals surface area (Å²) in [5.41, 5.74) is 3.80. The number of hydrogen-bond donors (Lipinski definition) is 1. The van der Waals surface area contributed by atoms with Crippen molar-refractivity contribution in [2.75, 3.05) is 16.2 Å². The standard InChI is InChI=1S/C23H21BrN2O3S/c1-16-4-11-21(12-5-16)30(28,29)26-14-2-3-18-15-20(10-13-22(18)26)25-23(27)17-6-8-19(24)9-7-17/h4-13,15H,2-3,14H2,1H3,(H,25,27). The van der Waals surface area contributed by atoms with Crippen LogP contribution >= 0.6 is 15.9 Å². The van der Waals surface area contributed by atoms with Gasteiger partial charge in [0.25, 0.3) is 15.9 Å². The van der Waals surface area contributed by atoms with Gasteiger partial charge < -0.3 is 5.32 Å². The number of aryl methyl sites for hydroxylation is 2. The molecule has 0 radical (unpaired) electrons. The molecule has 154 valence electrons. The molecule has 4 rings (SSSR count). The van der Waals surface area contributed by atoms with Gasteiger partial charge in [0.2, 0.25) is 0 Å². The van der Waals surface area contributed by atoms with E-state index in [4.69, 9.17) is 0 Å². The van der Waals surface area contributed by atoms with E-state index in [2.05, 4.69) is 21.2 Å². The zero-order valence-corrected chi connectivity index (χ0v) is 18.8. The van der Waals surface area contributed by atoms with Gasteiger partial charge >= 0.3 is 0 Å². The van der Waals surface area contributed by atoms with Gasteiger partial charge in [-0.05, 0) is 79.9 Å². The van der Waals surface area contributed by atoms with Crippen LogP contribution in [0.1, 0.15) is 27.9 Å². The lowest BCUT2D eigenvalue weighted by atomic mass is 10.0. The fourth-order valence-corrected chi connectivity index (χ4v) is 5.34. The Kier molecular flexibility index (Phi) is 5.66. The van der Waals surface area contributed by atoms with E-state index in [1.54, 1.807) is 48.5 Å². The Hall–Kier alpha value is -2.64. The first kappa shape index (κ1) is 20.6. The van der Waals surface area contributed by atoms with Crippen LogP contribution < -0.4 is 9.62 Å². The monoisotopic (exact) mass is 484 g/mol. The molecule has 0 fully saturated rings. The first-order valence-corrected chi connectivity index (χ1v) is 11.9. The zero-order valence-electron chi connectivity index (χ0n) is 16.4. The molecule has 0 atom stereocenters. The minimum absolute atomic E-state index is 0.206. The first-order valence-electron chi connectivity index (χ1n) is 9.64. The number of amides is 1. The molecule has 0 bridgehead atoms. The Morgan fingerprint density at radius 2 is 1.70 bits per heavy atom. The molecule has 0 aromatic heterocycles. The van der Waals surface area contributed by atoms with E-state index in [-0.39, 0.29) is 10.8 Å². The number of anilines is 2. The van der Waals surface area contributed by atoms with Crippen molar-refractivity contribution in [1.82, 2.24) is 0 Å². The molecule has 7 heteroatoms. The molecule has 3 aromatic rings. The van der Waals surface area contributed by atoms with Gasteiger partial charge in [-0.1, -0.05) is 33.6 Å². The maximum atomic E-state index is 13.2. The summed E-state index contributed by atoms with van der Waals surface area (Å²) in [7, 11) is -3.63. The summed E-state index contributed by atoms with van der Waals surface area (Å²) in [4.78, 5) is 12.8. The Balaban J connectivity index is 1.60. The minimum Gasteiger partial charge on any atom is -0.322 e. The predicted molar refractivity (Wildman–Crippen MR) is 123 cm³/mol. The number of halogens is 1. The number of hydrogen-bond acceptors (Lipinski definition) is 3. The molecule has 1 N–H and O–H groups in total. The molecule has 1 amide bonds. The van der Waals surface area contributed by atoms with Crippen LogP contribution in [-0.2, 0) is 16.4 Å². The van der Waals surface area contributed by atoms with Gasteiger partial charge in [-0.15, -0.1) is 0 Å². The average Bonchev–Trinajstić information content (AvgIpc) is 2.74. The second-order valence-electron chi connectivity index (χ2n) is 7.30. The summed E-state index contributed by atoms with van der Waals surface area (Å²) < 4.78 is 28.8. The second-order valence-corrected chi connectivity index (χ2v) is 10.1. The number of sulfonamides is 1. The van der Waals surface area contributed by atoms with Crippen LogP contribution in [0, 0.1) is 6.92 Å². The molecule has 3 aromatic carbocycles. The molecule has 0 saturated carbocycles. The van der Waals surface area contributed by atoms with E-state index in [9.17, 15) is 13.2 Å². The van der Waals surface area contributed by atoms with Crippen molar-refractivity contribution < 1.29 is 13.2 Å². The highest BCUT2D eigenvalue weighted by atomic mass is 79.9. The Labute approximate surface area is 184 Å². The van der Waals surface area contributed by atoms with E-state index in [1.807, 2.05) is 25.1 Å². The SMILES string of the molecule is Cc1ccc(S(=O)(=O)N2CCCc3cc(NC(=O)c4ccc(Br)cc4)ccc32)cc1. The van der Waals surface area contributed by atoms with E-state index in [1.165, 1.54) is 4.31 Å². The lowest BCUT2D eigenvalue weighted by Gasteiger charge is -2.31. The summed E-state index contributed by atoms with van der Waals surface area (Å²) in [6, 6.07) is 19.4. The molecule has 0 unspecified atom stereocenters. The molecule has 1 heterocycles. The zero-order chi connectivity index (χ0) is 21.3. The van der Waals surface area contributed by atoms with Crippen LogP contribution in [0.2, 0.25) is 0 Å². The molecule has 0 saturated heterocycles. The maximum Gasteiger partial charge on any atom is 0.264 e. The molecule has 30 heavy (non-hydrogen) atoms. The summed E-state index contributed by atoms with van der Waals surface area (Å²) in [6.45, 7) is 2.37. The van der Waals surface area contributed by atoms with Crippen LogP contribution in [0.15, 0.2) is 76.1 Å². The van der Waals surface area contributed by atoms with Crippen molar-refractivity contribution in [2.45, 2.75) is 24.7 Å². The number of nitrogens with zero attached hydrogens (tertiary/aromatic N) is 1. The number of nitrogens with one attached hydrogen (secondary N) is 1. The number of rotatable bonds is 4. The van der Waals surface area contributed by atoms with Crippen molar-refractivity contribution in [2.24, 2.45) is 0 Å². The normalized spacial score (nSPS) is 13.6. The lowest BCUT2D eigenvalue weighted by molar-refractivity contribution is 0.102. The van der Waals surface area contributed by atoms with Crippen molar-refractivity contribution >= 4 is 43.2 Å². The van der Waals surface area contributed by atoms with Gasteiger partial charge in [0.1, 0.15) is 0 Å². The smallest absolute Gasteiger partial charge is 0.264 e. The summed E-state index contributed by atoms with van der Waals surface area (Å²) >= 11 is 3.36. The quantitative estimate of drug-likeness (QED) is 0.556. The van der Waals surface area contributed by atoms with Gasteiger partial charge in [0.15, 0.2) is 0 Å². The highest BCUT2D eigenvalue weighted by Crippen LogP contribution is 2.34. The third-order valence-corrected chi connectivity index (χ3v) is 7.48. The highest BCUT2D eigenvalue weighted by Gasteiger charge is 2.29. The van der Waals surface area contributed by atoms with Gasteiger partial charge in [-0.2, -0.15) is 0 Å². The van der Waals surface area contributed by atoms with Gasteiger partial charge in [-0.25, -0.2) is 8.42 Å². The topological polar surface area (TPSA) is 66.5 Å². The van der Waals surface area contributed by atoms with Crippen molar-refractivity contribution in [3.05, 3.63) is 87.9 Å². The Morgan fingerprint density at radius 3 is 2.40 bits per heavy atom. The van der Waals surface area contributed by atoms with Gasteiger partial charge in [0, 0.05) is 22.3 Å². The van der Waals surface area contributed by atoms with Crippen molar-refractivity contribution in [3.8, 4) is 0 Å². The van der Waals surface area contributed by atoms with Crippen LogP contribution in [0.25, 0.3) is 0 Å². The van der Waals surface area contributed by atoms with Crippen LogP contribution in [0.5, 0.6) is 0 Å². The number of fused-ring (bicyclic) bond motifs is 1. The Morgan fingerprint density at radius 1 is 1.00 bits per heavy atom. The number of carbonyl (C=O) groups is 1. The number of benzene rings is 3. The molecule has 5 nitrogen and oxygen atoms in total. The predicted octanol–water partition coefficient (Wildman–Crippen LogP) is 5.15. The molecule has 0 spiro atoms. The van der Waals surface area contributed by atoms with Crippen LogP contribution in [-0.4, -0.2) is 20.9 Å². The molecule has 0 aliphatic carbocycles. The highest BCUT2D eigenvalue weighted by molar-refractivity contribution is 9.10. The third kappa shape index (κ3) is 4.13. The number of carbonyl (C=O) groups excluding carboxylic acids is 1. The molecule has 1 aliphatic rings. The summed E-state index contributed by atoms with van der Waals surface area (Å²) in [5.74, 6) is -0.206. The molecular formula is C23H21BrN2O3S. The van der Waals surface area contributed by atoms with Gasteiger partial charge in [0.05, 0.1) is 10.6 Å². The van der Waals surface area contributed by atoms with E-state index < -0.39 is 10.0 Å². The van der Waals surface area contributed by atoms with E-state index in [0.717, 1.165) is 28.4 Å². The summed E-state index contributed by atoms with van der Waals surface area (Å²) in [5, 5.41) is 2.90. The van der Waals surface area contributed by atoms with E-state index in [0.29, 0.717) is 23.5 Å². The fourth-order valence-electron chi connectivity index (χ4n) is 3.53. The Bertz CT molecular complexity index is 1190. The fraction of sp³-hybridized carbons (Fsp3) is 0.174.